The highest BCUT2D eigenvalue weighted by molar-refractivity contribution is 5.91. The smallest absolute Gasteiger partial charge is 0.306 e. The van der Waals surface area contributed by atoms with E-state index in [0.717, 1.165) is 76.5 Å². The van der Waals surface area contributed by atoms with Crippen LogP contribution in [-0.2, 0) is 30.3 Å². The average molecular weight is 757 g/mol. The molecule has 5 saturated carbocycles. The van der Waals surface area contributed by atoms with Gasteiger partial charge in [0, 0.05) is 30.1 Å². The van der Waals surface area contributed by atoms with Gasteiger partial charge in [0.15, 0.2) is 5.78 Å². The minimum atomic E-state index is 0.00492. The lowest BCUT2D eigenvalue weighted by Crippen LogP contribution is -2.51. The Morgan fingerprint density at radius 1 is 0.691 bits per heavy atom. The second-order valence-electron chi connectivity index (χ2n) is 19.9. The molecule has 0 bridgehead atoms. The van der Waals surface area contributed by atoms with Crippen molar-refractivity contribution in [3.63, 3.8) is 0 Å². The number of carbonyl (C=O) groups is 3. The number of allylic oxidation sites excluding steroid dienone is 1. The molecule has 1 N–H and O–H groups in total. The molecule has 5 fully saturated rings. The number of hydrogen-bond acceptors (Lipinski definition) is 6. The molecule has 6 heteroatoms. The van der Waals surface area contributed by atoms with Crippen molar-refractivity contribution in [3.05, 3.63) is 41.0 Å². The van der Waals surface area contributed by atoms with E-state index in [0.29, 0.717) is 54.0 Å². The number of phenols is 1. The van der Waals surface area contributed by atoms with Gasteiger partial charge in [0.05, 0.1) is 0 Å². The van der Waals surface area contributed by atoms with Crippen molar-refractivity contribution in [3.8, 4) is 5.75 Å². The Balaban J connectivity index is 0.000000170. The third-order valence-corrected chi connectivity index (χ3v) is 17.0. The molecule has 0 radical (unpaired) electrons. The van der Waals surface area contributed by atoms with Crippen LogP contribution < -0.4 is 0 Å². The number of phenolic OH excluding ortho intramolecular Hbond substituents is 1. The number of aromatic hydroxyl groups is 1. The highest BCUT2D eigenvalue weighted by atomic mass is 16.5. The minimum Gasteiger partial charge on any atom is -0.508 e. The van der Waals surface area contributed by atoms with Crippen LogP contribution in [0.25, 0.3) is 0 Å². The fourth-order valence-electron chi connectivity index (χ4n) is 13.9. The molecule has 11 atom stereocenters. The van der Waals surface area contributed by atoms with Gasteiger partial charge < -0.3 is 14.6 Å². The number of benzene rings is 1. The maximum Gasteiger partial charge on any atom is 0.306 e. The van der Waals surface area contributed by atoms with E-state index in [-0.39, 0.29) is 40.4 Å². The Hall–Kier alpha value is -2.63. The van der Waals surface area contributed by atoms with Crippen LogP contribution >= 0.6 is 0 Å². The summed E-state index contributed by atoms with van der Waals surface area (Å²) in [5, 5.41) is 9.81. The summed E-state index contributed by atoms with van der Waals surface area (Å²) < 4.78 is 12.1. The maximum atomic E-state index is 12.5. The zero-order chi connectivity index (χ0) is 39.0. The summed E-state index contributed by atoms with van der Waals surface area (Å²) in [5.74, 6) is 4.85. The Bertz CT molecular complexity index is 1590. The van der Waals surface area contributed by atoms with Crippen molar-refractivity contribution in [1.29, 1.82) is 0 Å². The van der Waals surface area contributed by atoms with E-state index in [2.05, 4.69) is 40.7 Å². The van der Waals surface area contributed by atoms with Crippen molar-refractivity contribution in [2.45, 2.75) is 194 Å². The number of aryl methyl sites for hydroxylation is 1. The molecular formula is C49H72O6. The molecule has 0 aliphatic heterocycles. The fraction of sp³-hybridized carbons (Fsp3) is 0.776. The summed E-state index contributed by atoms with van der Waals surface area (Å²) >= 11 is 0. The first kappa shape index (κ1) is 40.6. The van der Waals surface area contributed by atoms with Gasteiger partial charge in [0.25, 0.3) is 0 Å². The van der Waals surface area contributed by atoms with Gasteiger partial charge in [-0.25, -0.2) is 0 Å². The standard InChI is InChI=1S/C26H40O3.C23H32O3/c1-4-5-6-7-8-24(28)29-23-12-11-21-20-10-9-18-17-19(27)13-15-25(18,2)22(20)14-16-26(21,23)3;1-3-4-5-22(25)26-21-11-10-20-19-8-6-15-14-16(24)7-9-17(15)18(19)12-13-23(20,21)2/h17,20-23H,4-16H2,1-3H3;7,9,14,18-21,24H,3-6,8,10-13H2,1-2H3/t;18-,19-,20+,21+,23+/m.1/s1. The Labute approximate surface area is 332 Å². The molecule has 0 saturated heterocycles. The van der Waals surface area contributed by atoms with Gasteiger partial charge in [-0.05, 0) is 167 Å². The van der Waals surface area contributed by atoms with Gasteiger partial charge >= 0.3 is 11.9 Å². The number of rotatable bonds is 10. The minimum absolute atomic E-state index is 0.00492. The molecule has 0 amide bonds. The lowest BCUT2D eigenvalue weighted by molar-refractivity contribution is -0.160. The van der Waals surface area contributed by atoms with Gasteiger partial charge in [0.1, 0.15) is 18.0 Å². The van der Waals surface area contributed by atoms with Crippen molar-refractivity contribution in [2.24, 2.45) is 45.8 Å². The van der Waals surface area contributed by atoms with Gasteiger partial charge in [-0.15, -0.1) is 0 Å². The third kappa shape index (κ3) is 7.84. The first-order chi connectivity index (χ1) is 26.4. The Morgan fingerprint density at radius 2 is 1.33 bits per heavy atom. The van der Waals surface area contributed by atoms with E-state index in [9.17, 15) is 19.5 Å². The predicted molar refractivity (Wildman–Crippen MR) is 217 cm³/mol. The van der Waals surface area contributed by atoms with Crippen LogP contribution in [0.3, 0.4) is 0 Å². The van der Waals surface area contributed by atoms with Gasteiger partial charge in [0.2, 0.25) is 0 Å². The normalized spacial score (nSPS) is 38.4. The van der Waals surface area contributed by atoms with Crippen LogP contribution in [0.1, 0.15) is 187 Å². The van der Waals surface area contributed by atoms with Gasteiger partial charge in [-0.3, -0.25) is 14.4 Å². The molecule has 304 valence electrons. The number of unbranched alkanes of at least 4 members (excludes halogenated alkanes) is 4. The number of ether oxygens (including phenoxy) is 2. The average Bonchev–Trinajstić information content (AvgIpc) is 3.68. The quantitative estimate of drug-likeness (QED) is 0.189. The third-order valence-electron chi connectivity index (χ3n) is 17.0. The summed E-state index contributed by atoms with van der Waals surface area (Å²) in [4.78, 5) is 36.7. The van der Waals surface area contributed by atoms with Crippen LogP contribution in [0.2, 0.25) is 0 Å². The van der Waals surface area contributed by atoms with Crippen molar-refractivity contribution in [2.75, 3.05) is 0 Å². The lowest BCUT2D eigenvalue weighted by Gasteiger charge is -2.57. The second kappa shape index (κ2) is 16.7. The summed E-state index contributed by atoms with van der Waals surface area (Å²) in [7, 11) is 0. The topological polar surface area (TPSA) is 89.9 Å². The van der Waals surface area contributed by atoms with Crippen LogP contribution in [0.4, 0.5) is 0 Å². The lowest BCUT2D eigenvalue weighted by atomic mass is 9.47. The summed E-state index contributed by atoms with van der Waals surface area (Å²) in [6.07, 6.45) is 25.4. The molecule has 6 nitrogen and oxygen atoms in total. The number of esters is 2. The van der Waals surface area contributed by atoms with E-state index in [1.165, 1.54) is 74.5 Å². The highest BCUT2D eigenvalue weighted by Crippen LogP contribution is 2.66. The van der Waals surface area contributed by atoms with E-state index in [4.69, 9.17) is 9.47 Å². The molecule has 1 aromatic carbocycles. The second-order valence-corrected chi connectivity index (χ2v) is 19.9. The van der Waals surface area contributed by atoms with Crippen molar-refractivity contribution >= 4 is 17.7 Å². The van der Waals surface area contributed by atoms with E-state index >= 15 is 0 Å². The van der Waals surface area contributed by atoms with Crippen LogP contribution in [0.5, 0.6) is 5.75 Å². The molecule has 0 spiro atoms. The molecule has 7 aliphatic carbocycles. The highest BCUT2D eigenvalue weighted by Gasteiger charge is 2.60. The van der Waals surface area contributed by atoms with Crippen molar-refractivity contribution < 1.29 is 29.0 Å². The molecular weight excluding hydrogens is 685 g/mol. The molecule has 7 aliphatic rings. The summed E-state index contributed by atoms with van der Waals surface area (Å²) in [6, 6.07) is 5.97. The first-order valence-electron chi connectivity index (χ1n) is 22.9. The summed E-state index contributed by atoms with van der Waals surface area (Å²) in [5.41, 5.74) is 4.78. The monoisotopic (exact) mass is 757 g/mol. The fourth-order valence-corrected chi connectivity index (χ4v) is 13.9. The molecule has 55 heavy (non-hydrogen) atoms. The number of ketones is 1. The molecule has 6 unspecified atom stereocenters. The molecule has 0 aromatic heterocycles. The zero-order valence-electron chi connectivity index (χ0n) is 35.0. The van der Waals surface area contributed by atoms with Crippen LogP contribution in [-0.4, -0.2) is 35.0 Å². The largest absolute Gasteiger partial charge is 0.508 e. The molecule has 8 rings (SSSR count). The number of fused-ring (bicyclic) bond motifs is 10. The number of carbonyl (C=O) groups excluding carboxylic acids is 3. The van der Waals surface area contributed by atoms with E-state index < -0.39 is 0 Å². The predicted octanol–water partition coefficient (Wildman–Crippen LogP) is 11.8. The van der Waals surface area contributed by atoms with Crippen molar-refractivity contribution in [1.82, 2.24) is 0 Å². The molecule has 1 aromatic rings. The Kier molecular flexibility index (Phi) is 12.3. The van der Waals surface area contributed by atoms with E-state index in [1.54, 1.807) is 0 Å². The van der Waals surface area contributed by atoms with Gasteiger partial charge in [-0.1, -0.05) is 71.9 Å². The maximum absolute atomic E-state index is 12.5. The molecule has 0 heterocycles. The number of hydrogen-bond donors (Lipinski definition) is 1. The van der Waals surface area contributed by atoms with Gasteiger partial charge in [-0.2, -0.15) is 0 Å². The SMILES string of the molecule is CCCCC(=O)O[C@H]1CC[C@H]2[C@@H]3CCc4cc(O)ccc4[C@H]3CC[C@]12C.CCCCCCC(=O)OC1CCC2C3CCC4=CC(=O)CCC4(C)C3CCC12C. The first-order valence-corrected chi connectivity index (χ1v) is 22.9. The summed E-state index contributed by atoms with van der Waals surface area (Å²) in [6.45, 7) is 11.5. The Morgan fingerprint density at radius 3 is 2.02 bits per heavy atom. The van der Waals surface area contributed by atoms with E-state index in [1.807, 2.05) is 18.2 Å². The van der Waals surface area contributed by atoms with Crippen LogP contribution in [0, 0.1) is 45.8 Å². The van der Waals surface area contributed by atoms with Crippen LogP contribution in [0.15, 0.2) is 29.8 Å². The zero-order valence-corrected chi connectivity index (χ0v) is 35.0.